The van der Waals surface area contributed by atoms with E-state index in [2.05, 4.69) is 6.58 Å². The molecule has 3 N–H and O–H groups in total. The van der Waals surface area contributed by atoms with Crippen molar-refractivity contribution in [3.8, 4) is 0 Å². The highest BCUT2D eigenvalue weighted by molar-refractivity contribution is 6.39. The summed E-state index contributed by atoms with van der Waals surface area (Å²) in [5.41, 5.74) is 1.26. The van der Waals surface area contributed by atoms with Crippen molar-refractivity contribution in [2.45, 2.75) is 186 Å². The van der Waals surface area contributed by atoms with E-state index in [-0.39, 0.29) is 74.1 Å². The van der Waals surface area contributed by atoms with E-state index >= 15 is 0 Å². The second kappa shape index (κ2) is 30.4. The van der Waals surface area contributed by atoms with Crippen LogP contribution in [0.25, 0.3) is 0 Å². The first kappa shape index (κ1) is 62.1. The number of ketones is 3. The molecular weight excluding hydrogens is 963 g/mol. The van der Waals surface area contributed by atoms with Gasteiger partial charge in [-0.15, -0.1) is 6.58 Å². The number of allylic oxidation sites excluding steroid dienone is 7. The lowest BCUT2D eigenvalue weighted by Crippen LogP contribution is -2.61. The van der Waals surface area contributed by atoms with Gasteiger partial charge in [0.1, 0.15) is 30.1 Å². The van der Waals surface area contributed by atoms with Gasteiger partial charge in [0.2, 0.25) is 5.79 Å². The Hall–Kier alpha value is -3.71. The van der Waals surface area contributed by atoms with Gasteiger partial charge in [0, 0.05) is 64.6 Å². The predicted octanol–water partition coefficient (Wildman–Crippen LogP) is 7.16. The second-order valence-corrected chi connectivity index (χ2v) is 22.2. The van der Waals surface area contributed by atoms with Crippen LogP contribution in [-0.2, 0) is 57.1 Å². The maximum atomic E-state index is 14.6. The predicted molar refractivity (Wildman–Crippen MR) is 283 cm³/mol. The minimum atomic E-state index is -2.46. The Morgan fingerprint density at radius 2 is 1.61 bits per heavy atom. The molecule has 1 saturated carbocycles. The van der Waals surface area contributed by atoms with Crippen molar-refractivity contribution >= 4 is 29.2 Å². The van der Waals surface area contributed by atoms with E-state index in [1.807, 2.05) is 44.2 Å². The molecule has 2 unspecified atom stereocenters. The molecule has 2 bridgehead atoms. The van der Waals surface area contributed by atoms with Crippen molar-refractivity contribution in [1.29, 1.82) is 0 Å². The fourth-order valence-corrected chi connectivity index (χ4v) is 11.6. The third-order valence-electron chi connectivity index (χ3n) is 16.6. The highest BCUT2D eigenvalue weighted by atomic mass is 16.6. The van der Waals surface area contributed by atoms with Crippen LogP contribution < -0.4 is 0 Å². The van der Waals surface area contributed by atoms with Crippen LogP contribution in [0.1, 0.15) is 131 Å². The number of hydrogen-bond donors (Lipinski definition) is 3. The molecular formula is C59H91NO15. The minimum absolute atomic E-state index is 0.0770. The van der Waals surface area contributed by atoms with Crippen LogP contribution in [0.4, 0.5) is 0 Å². The number of methoxy groups -OCH3 is 2. The van der Waals surface area contributed by atoms with E-state index in [4.69, 9.17) is 33.2 Å². The zero-order chi connectivity index (χ0) is 54.8. The van der Waals surface area contributed by atoms with Crippen molar-refractivity contribution in [3.05, 3.63) is 60.3 Å². The van der Waals surface area contributed by atoms with Gasteiger partial charge in [0.15, 0.2) is 5.78 Å². The van der Waals surface area contributed by atoms with Crippen LogP contribution in [-0.4, -0.2) is 158 Å². The lowest BCUT2D eigenvalue weighted by atomic mass is 9.78. The fraction of sp³-hybridized carbons (Fsp3) is 0.746. The summed E-state index contributed by atoms with van der Waals surface area (Å²) >= 11 is 0. The van der Waals surface area contributed by atoms with E-state index in [0.717, 1.165) is 24.8 Å². The number of rotatable bonds is 12. The maximum Gasteiger partial charge on any atom is 0.329 e. The summed E-state index contributed by atoms with van der Waals surface area (Å²) in [5, 5.41) is 33.2. The molecule has 1 aliphatic carbocycles. The van der Waals surface area contributed by atoms with Gasteiger partial charge in [-0.2, -0.15) is 0 Å². The molecule has 5 rings (SSSR count). The van der Waals surface area contributed by atoms with Gasteiger partial charge >= 0.3 is 5.97 Å². The standard InChI is InChI=1S/C59H91NO15/c1-10-43-17-13-11-12-16-37(2)50(73-36-44-23-27-71-28-24-44)34-46-21-19-42(7)59(68,75-46)56(65)57(66)60-25-15-14-18-47(60)58(67)74-51(39(4)31-45-20-22-49(72-29-26-61)52(33-45)69-8)35-48(62)38(3)30-40(5)53(63)55(70-9)54(64)41(6)32-43/h10-13,16-17,30,38-39,41-47,49-53,55,61,63,68H,1,14-15,18-29,31-36H2,2-9H3/b12-11+,17-13+,37-16+,40-30+/t38-,39-,41-,42-,43-,45+,46+,47?,49-,50?,51+,52-,53-,55-,59-/m1/s1. The zero-order valence-corrected chi connectivity index (χ0v) is 46.2. The first-order chi connectivity index (χ1) is 35.8. The molecule has 16 nitrogen and oxygen atoms in total. The molecule has 0 aromatic heterocycles. The summed E-state index contributed by atoms with van der Waals surface area (Å²) in [6.07, 6.45) is 15.1. The average molecular weight is 1050 g/mol. The summed E-state index contributed by atoms with van der Waals surface area (Å²) in [7, 11) is 3.00. The Labute approximate surface area is 446 Å². The molecule has 422 valence electrons. The van der Waals surface area contributed by atoms with Gasteiger partial charge in [0.05, 0.1) is 44.2 Å². The van der Waals surface area contributed by atoms with Gasteiger partial charge in [-0.25, -0.2) is 4.79 Å². The molecule has 4 fully saturated rings. The Bertz CT molecular complexity index is 2010. The van der Waals surface area contributed by atoms with Crippen LogP contribution in [0.15, 0.2) is 60.3 Å². The average Bonchev–Trinajstić information content (AvgIpc) is 3.41. The fourth-order valence-electron chi connectivity index (χ4n) is 11.6. The van der Waals surface area contributed by atoms with E-state index in [1.54, 1.807) is 47.0 Å². The van der Waals surface area contributed by atoms with Gasteiger partial charge in [-0.3, -0.25) is 19.2 Å². The highest BCUT2D eigenvalue weighted by Gasteiger charge is 2.53. The Morgan fingerprint density at radius 3 is 2.31 bits per heavy atom. The highest BCUT2D eigenvalue weighted by Crippen LogP contribution is 2.38. The number of ether oxygens (including phenoxy) is 7. The van der Waals surface area contributed by atoms with E-state index < -0.39 is 77.8 Å². The van der Waals surface area contributed by atoms with E-state index in [0.29, 0.717) is 89.1 Å². The van der Waals surface area contributed by atoms with Gasteiger partial charge < -0.3 is 53.4 Å². The lowest BCUT2D eigenvalue weighted by Gasteiger charge is -2.43. The maximum absolute atomic E-state index is 14.6. The molecule has 4 heterocycles. The van der Waals surface area contributed by atoms with E-state index in [1.165, 1.54) is 12.0 Å². The summed E-state index contributed by atoms with van der Waals surface area (Å²) < 4.78 is 42.2. The smallest absolute Gasteiger partial charge is 0.329 e. The summed E-state index contributed by atoms with van der Waals surface area (Å²) in [4.78, 5) is 73.1. The number of hydrogen-bond acceptors (Lipinski definition) is 15. The normalized spacial score (nSPS) is 38.0. The molecule has 4 aliphatic heterocycles. The third-order valence-corrected chi connectivity index (χ3v) is 16.6. The van der Waals surface area contributed by atoms with Crippen LogP contribution in [0.5, 0.6) is 0 Å². The third kappa shape index (κ3) is 17.4. The van der Waals surface area contributed by atoms with Crippen LogP contribution >= 0.6 is 0 Å². The Balaban J connectivity index is 1.48. The number of cyclic esters (lactones) is 1. The summed E-state index contributed by atoms with van der Waals surface area (Å²) in [6, 6.07) is -1.16. The van der Waals surface area contributed by atoms with Crippen LogP contribution in [0.2, 0.25) is 0 Å². The van der Waals surface area contributed by atoms with Crippen molar-refractivity contribution in [1.82, 2.24) is 4.90 Å². The lowest BCUT2D eigenvalue weighted by molar-refractivity contribution is -0.266. The second-order valence-electron chi connectivity index (χ2n) is 22.2. The van der Waals surface area contributed by atoms with Crippen LogP contribution in [0, 0.1) is 41.4 Å². The molecule has 3 saturated heterocycles. The topological polar surface area (TPSA) is 214 Å². The number of Topliss-reactive ketones (excluding diaryl/α,β-unsaturated/α-hetero) is 3. The quantitative estimate of drug-likeness (QED) is 0.101. The first-order valence-corrected chi connectivity index (χ1v) is 27.9. The first-order valence-electron chi connectivity index (χ1n) is 27.9. The van der Waals surface area contributed by atoms with Crippen molar-refractivity contribution < 1.29 is 72.5 Å². The molecule has 16 heteroatoms. The summed E-state index contributed by atoms with van der Waals surface area (Å²) in [6.45, 7) is 16.7. The van der Waals surface area contributed by atoms with Gasteiger partial charge in [0.25, 0.3) is 11.7 Å². The van der Waals surface area contributed by atoms with Gasteiger partial charge in [-0.05, 0) is 126 Å². The molecule has 15 atom stereocenters. The van der Waals surface area contributed by atoms with Crippen molar-refractivity contribution in [2.24, 2.45) is 41.4 Å². The number of nitrogens with zero attached hydrogens (tertiary/aromatic N) is 1. The SMILES string of the molecule is C=C[C@@H]1/C=C/C=C/C=C(\C)C(OCC2CCOCC2)C[C@@H]2CC[C@@H](C)[C@@](O)(O2)C(=O)C(=O)N2CCCCC2C(=O)O[C@H]([C@H](C)C[C@@H]2CC[C@@H](OCCO)[C@H](OC)C2)CC(=O)[C@H](C)/C=C(\C)[C@@H](O)[C@@H](OC)C(=O)[C@H](C)C1. The van der Waals surface area contributed by atoms with Crippen molar-refractivity contribution in [2.75, 3.05) is 53.8 Å². The van der Waals surface area contributed by atoms with Gasteiger partial charge in [-0.1, -0.05) is 70.2 Å². The Kier molecular flexibility index (Phi) is 25.2. The van der Waals surface area contributed by atoms with Crippen molar-refractivity contribution in [3.63, 3.8) is 0 Å². The number of esters is 1. The molecule has 0 aromatic rings. The molecule has 0 radical (unpaired) electrons. The number of aliphatic hydroxyl groups excluding tert-OH is 2. The molecule has 0 spiro atoms. The number of carbonyl (C=O) groups excluding carboxylic acids is 5. The number of carbonyl (C=O) groups is 5. The number of fused-ring (bicyclic) bond motifs is 3. The monoisotopic (exact) mass is 1050 g/mol. The number of piperidine rings is 1. The molecule has 75 heavy (non-hydrogen) atoms. The summed E-state index contributed by atoms with van der Waals surface area (Å²) in [5.74, 6) is -8.07. The number of amides is 1. The zero-order valence-electron chi connectivity index (χ0n) is 46.2. The molecule has 0 aromatic carbocycles. The largest absolute Gasteiger partial charge is 0.460 e. The van der Waals surface area contributed by atoms with Crippen LogP contribution in [0.3, 0.4) is 0 Å². The van der Waals surface area contributed by atoms with E-state index in [9.17, 15) is 39.3 Å². The number of aliphatic hydroxyl groups is 3. The molecule has 1 amide bonds. The minimum Gasteiger partial charge on any atom is -0.460 e. The Morgan fingerprint density at radius 1 is 0.867 bits per heavy atom. The molecule has 5 aliphatic rings.